The van der Waals surface area contributed by atoms with E-state index in [1.807, 2.05) is 65.8 Å². The lowest BCUT2D eigenvalue weighted by atomic mass is 9.97. The van der Waals surface area contributed by atoms with Crippen LogP contribution in [0.5, 0.6) is 0 Å². The number of para-hydroxylation sites is 1. The Morgan fingerprint density at radius 1 is 0.487 bits per heavy atom. The van der Waals surface area contributed by atoms with E-state index < -0.39 is 145 Å². The Labute approximate surface area is 445 Å². The molecule has 0 aliphatic heterocycles. The van der Waals surface area contributed by atoms with E-state index in [2.05, 4.69) is 47.5 Å². The second kappa shape index (κ2) is 31.4. The zero-order chi connectivity index (χ0) is 57.7. The average molecular weight is 1070 g/mol. The number of aliphatic hydroxyl groups excluding tert-OH is 1. The second-order valence-corrected chi connectivity index (χ2v) is 22.0. The summed E-state index contributed by atoms with van der Waals surface area (Å²) in [7, 11) is 0. The van der Waals surface area contributed by atoms with Gasteiger partial charge in [-0.2, -0.15) is 0 Å². The van der Waals surface area contributed by atoms with Crippen LogP contribution in [0.15, 0.2) is 30.5 Å². The van der Waals surface area contributed by atoms with Crippen LogP contribution in [-0.4, -0.2) is 140 Å². The SMILES string of the molecule is CC(C)C[C@H](NC(=O)[C@H](Cc1c[nH]c2ccccc12)NC(=O)[C@H](CC(C)C)NC(=O)[C@H](CC(C)C)NC(=O)[C@@H](NC(=O)[C@H](CCC(=O)O)NC(=O)[C@H](CO)NC(=O)[C@@H](NC(=O)[C@@H](N)CC(C)C)C(C)C)C(C)C)C(=O)O. The lowest BCUT2D eigenvalue weighted by Gasteiger charge is -2.30. The fourth-order valence-electron chi connectivity index (χ4n) is 8.37. The van der Waals surface area contributed by atoms with Crippen LogP contribution >= 0.6 is 0 Å². The number of H-pyrrole nitrogens is 1. The van der Waals surface area contributed by atoms with Gasteiger partial charge in [0.05, 0.1) is 12.6 Å². The summed E-state index contributed by atoms with van der Waals surface area (Å²) in [6.07, 6.45) is 1.15. The van der Waals surface area contributed by atoms with E-state index in [9.17, 15) is 63.3 Å². The van der Waals surface area contributed by atoms with Crippen LogP contribution in [0.3, 0.4) is 0 Å². The highest BCUT2D eigenvalue weighted by Gasteiger charge is 2.37. The van der Waals surface area contributed by atoms with Gasteiger partial charge in [0, 0.05) is 29.9 Å². The van der Waals surface area contributed by atoms with Crippen LogP contribution in [0.1, 0.15) is 127 Å². The number of rotatable bonds is 33. The molecule has 0 unspecified atom stereocenters. The van der Waals surface area contributed by atoms with Crippen molar-refractivity contribution in [1.29, 1.82) is 0 Å². The summed E-state index contributed by atoms with van der Waals surface area (Å²) in [5.41, 5.74) is 7.45. The first-order chi connectivity index (χ1) is 35.4. The molecular formula is C53H86N10O13. The summed E-state index contributed by atoms with van der Waals surface area (Å²) in [4.78, 5) is 138. The van der Waals surface area contributed by atoms with E-state index in [0.29, 0.717) is 12.0 Å². The Morgan fingerprint density at radius 3 is 1.36 bits per heavy atom. The molecule has 76 heavy (non-hydrogen) atoms. The third-order valence-electron chi connectivity index (χ3n) is 12.4. The highest BCUT2D eigenvalue weighted by Crippen LogP contribution is 2.20. The van der Waals surface area contributed by atoms with Crippen LogP contribution in [0.4, 0.5) is 0 Å². The summed E-state index contributed by atoms with van der Waals surface area (Å²) >= 11 is 0. The molecule has 9 atom stereocenters. The lowest BCUT2D eigenvalue weighted by Crippen LogP contribution is -2.62. The molecule has 0 aliphatic carbocycles. The number of amides is 8. The zero-order valence-electron chi connectivity index (χ0n) is 46.2. The molecule has 2 rings (SSSR count). The molecule has 0 radical (unpaired) electrons. The molecule has 0 fully saturated rings. The van der Waals surface area contributed by atoms with Crippen molar-refractivity contribution >= 4 is 70.1 Å². The maximum atomic E-state index is 14.3. The molecular weight excluding hydrogens is 985 g/mol. The molecule has 23 heteroatoms. The van der Waals surface area contributed by atoms with Crippen molar-refractivity contribution in [3.05, 3.63) is 36.0 Å². The Hall–Kier alpha value is -6.62. The van der Waals surface area contributed by atoms with Crippen LogP contribution < -0.4 is 48.3 Å². The molecule has 14 N–H and O–H groups in total. The van der Waals surface area contributed by atoms with Crippen molar-refractivity contribution in [2.24, 2.45) is 41.2 Å². The van der Waals surface area contributed by atoms with Gasteiger partial charge in [-0.15, -0.1) is 0 Å². The van der Waals surface area contributed by atoms with Gasteiger partial charge in [-0.1, -0.05) is 101 Å². The van der Waals surface area contributed by atoms with Crippen LogP contribution in [-0.2, 0) is 54.4 Å². The van der Waals surface area contributed by atoms with Crippen molar-refractivity contribution in [3.8, 4) is 0 Å². The predicted molar refractivity (Wildman–Crippen MR) is 285 cm³/mol. The van der Waals surface area contributed by atoms with Gasteiger partial charge in [0.2, 0.25) is 47.3 Å². The summed E-state index contributed by atoms with van der Waals surface area (Å²) in [6.45, 7) is 20.1. The normalized spacial score (nSPS) is 15.2. The van der Waals surface area contributed by atoms with Crippen molar-refractivity contribution in [1.82, 2.24) is 47.5 Å². The van der Waals surface area contributed by atoms with Gasteiger partial charge in [0.1, 0.15) is 48.3 Å². The van der Waals surface area contributed by atoms with E-state index in [1.54, 1.807) is 47.7 Å². The largest absolute Gasteiger partial charge is 0.481 e. The standard InChI is InChI=1S/C53H86N10O13/c1-26(2)19-34(54)45(67)62-43(30(9)10)52(74)61-41(25-64)50(72)56-36(17-18-42(65)66)46(68)63-44(31(11)12)51(73)59-38(21-28(5)6)48(70)57-37(20-27(3)4)47(69)58-39(49(71)60-40(53(75)76)22-29(7)8)23-32-24-55-35-16-14-13-15-33(32)35/h13-16,24,26-31,34,36-41,43-44,55,64H,17-23,25,54H2,1-12H3,(H,56,72)(H,57,70)(H,58,69)(H,59,73)(H,60,71)(H,61,74)(H,62,67)(H,63,68)(H,65,66)(H,75,76)/t34-,36-,37-,38-,39-,40-,41-,43-,44-/m0/s1. The number of aromatic amines is 1. The molecule has 1 aromatic heterocycles. The van der Waals surface area contributed by atoms with E-state index in [4.69, 9.17) is 5.73 Å². The number of aromatic nitrogens is 1. The maximum absolute atomic E-state index is 14.3. The molecule has 2 aromatic rings. The molecule has 0 aliphatic rings. The summed E-state index contributed by atoms with van der Waals surface area (Å²) in [5, 5.41) is 51.1. The molecule has 0 spiro atoms. The Bertz CT molecular complexity index is 2300. The second-order valence-electron chi connectivity index (χ2n) is 22.0. The average Bonchev–Trinajstić information content (AvgIpc) is 3.72. The molecule has 0 saturated heterocycles. The summed E-state index contributed by atoms with van der Waals surface area (Å²) in [6, 6.07) is -4.52. The first-order valence-corrected chi connectivity index (χ1v) is 26.2. The number of carbonyl (C=O) groups is 10. The number of carbonyl (C=O) groups excluding carboxylic acids is 8. The number of aliphatic hydroxyl groups is 1. The van der Waals surface area contributed by atoms with E-state index in [-0.39, 0.29) is 49.4 Å². The number of aliphatic carboxylic acids is 2. The fraction of sp³-hybridized carbons (Fsp3) is 0.660. The highest BCUT2D eigenvalue weighted by atomic mass is 16.4. The summed E-state index contributed by atoms with van der Waals surface area (Å²) in [5.74, 6) is -10.7. The number of carboxylic acids is 2. The Morgan fingerprint density at radius 2 is 0.882 bits per heavy atom. The van der Waals surface area contributed by atoms with Crippen molar-refractivity contribution in [2.45, 2.75) is 182 Å². The minimum Gasteiger partial charge on any atom is -0.481 e. The third-order valence-corrected chi connectivity index (χ3v) is 12.4. The first kappa shape index (κ1) is 65.5. The van der Waals surface area contributed by atoms with Crippen LogP contribution in [0, 0.1) is 35.5 Å². The van der Waals surface area contributed by atoms with Crippen LogP contribution in [0.2, 0.25) is 0 Å². The number of nitrogens with one attached hydrogen (secondary N) is 9. The van der Waals surface area contributed by atoms with Crippen molar-refractivity contribution in [2.75, 3.05) is 6.61 Å². The van der Waals surface area contributed by atoms with E-state index in [1.165, 1.54) is 0 Å². The molecule has 8 amide bonds. The summed E-state index contributed by atoms with van der Waals surface area (Å²) < 4.78 is 0. The quantitative estimate of drug-likeness (QED) is 0.0480. The first-order valence-electron chi connectivity index (χ1n) is 26.2. The third kappa shape index (κ3) is 21.9. The number of carboxylic acid groups (broad SMARTS) is 2. The lowest BCUT2D eigenvalue weighted by molar-refractivity contribution is -0.143. The maximum Gasteiger partial charge on any atom is 0.326 e. The topological polar surface area (TPSA) is 369 Å². The van der Waals surface area contributed by atoms with Gasteiger partial charge in [-0.3, -0.25) is 43.2 Å². The van der Waals surface area contributed by atoms with Gasteiger partial charge < -0.3 is 68.6 Å². The molecule has 426 valence electrons. The molecule has 23 nitrogen and oxygen atoms in total. The van der Waals surface area contributed by atoms with Gasteiger partial charge in [0.15, 0.2) is 0 Å². The van der Waals surface area contributed by atoms with E-state index >= 15 is 0 Å². The van der Waals surface area contributed by atoms with Crippen molar-refractivity contribution < 1.29 is 63.3 Å². The van der Waals surface area contributed by atoms with Gasteiger partial charge in [-0.25, -0.2) is 4.79 Å². The monoisotopic (exact) mass is 1070 g/mol. The van der Waals surface area contributed by atoms with E-state index in [0.717, 1.165) is 10.9 Å². The zero-order valence-corrected chi connectivity index (χ0v) is 46.2. The Balaban J connectivity index is 2.39. The highest BCUT2D eigenvalue weighted by molar-refractivity contribution is 5.98. The predicted octanol–water partition coefficient (Wildman–Crippen LogP) is 1.35. The van der Waals surface area contributed by atoms with Gasteiger partial charge in [0.25, 0.3) is 0 Å². The van der Waals surface area contributed by atoms with Gasteiger partial charge in [-0.05, 0) is 79.2 Å². The fourth-order valence-corrected chi connectivity index (χ4v) is 8.37. The minimum atomic E-state index is -1.67. The minimum absolute atomic E-state index is 0.0416. The molecule has 1 aromatic carbocycles. The van der Waals surface area contributed by atoms with Crippen molar-refractivity contribution in [3.63, 3.8) is 0 Å². The molecule has 0 saturated carbocycles. The molecule has 1 heterocycles. The number of hydrogen-bond donors (Lipinski definition) is 13. The van der Waals surface area contributed by atoms with Crippen LogP contribution in [0.25, 0.3) is 10.9 Å². The number of benzene rings is 1. The number of nitrogens with two attached hydrogens (primary N) is 1. The van der Waals surface area contributed by atoms with Gasteiger partial charge >= 0.3 is 11.9 Å². The molecule has 0 bridgehead atoms. The number of fused-ring (bicyclic) bond motifs is 1. The smallest absolute Gasteiger partial charge is 0.326 e. The number of hydrogen-bond acceptors (Lipinski definition) is 12. The Kier molecular flexibility index (Phi) is 27.1.